The van der Waals surface area contributed by atoms with Gasteiger partial charge in [0.1, 0.15) is 51.1 Å². The Kier molecular flexibility index (Phi) is 20.1. The molecule has 2 fully saturated rings. The molecule has 0 aliphatic carbocycles. The van der Waals surface area contributed by atoms with Crippen LogP contribution >= 0.6 is 0 Å². The maximum Gasteiger partial charge on any atom is 0.344 e. The summed E-state index contributed by atoms with van der Waals surface area (Å²) in [6.07, 6.45) is 1.60. The van der Waals surface area contributed by atoms with Crippen LogP contribution in [0, 0.1) is 0 Å². The van der Waals surface area contributed by atoms with Crippen molar-refractivity contribution in [1.29, 1.82) is 0 Å². The van der Waals surface area contributed by atoms with E-state index in [4.69, 9.17) is 37.9 Å². The van der Waals surface area contributed by atoms with Gasteiger partial charge in [-0.1, -0.05) is 52.0 Å². The first-order chi connectivity index (χ1) is 26.6. The van der Waals surface area contributed by atoms with Crippen LogP contribution in [0.4, 0.5) is 9.59 Å². The summed E-state index contributed by atoms with van der Waals surface area (Å²) < 4.78 is 43.0. The Bertz CT molecular complexity index is 1380. The van der Waals surface area contributed by atoms with Crippen molar-refractivity contribution < 1.29 is 52.3 Å². The third-order valence-electron chi connectivity index (χ3n) is 9.40. The Labute approximate surface area is 326 Å². The lowest BCUT2D eigenvalue weighted by atomic mass is 9.99. The molecule has 2 unspecified atom stereocenters. The fourth-order valence-corrected chi connectivity index (χ4v) is 6.04. The highest BCUT2D eigenvalue weighted by molar-refractivity contribution is 5.76. The molecule has 2 aliphatic heterocycles. The second-order valence-electron chi connectivity index (χ2n) is 13.6. The van der Waals surface area contributed by atoms with Crippen LogP contribution in [-0.4, -0.2) is 151 Å². The molecule has 4 amide bonds. The average molecular weight is 775 g/mol. The molecule has 0 N–H and O–H groups in total. The maximum absolute atomic E-state index is 12.3. The second-order valence-corrected chi connectivity index (χ2v) is 13.6. The number of hydrogen-bond donors (Lipinski definition) is 0. The van der Waals surface area contributed by atoms with Gasteiger partial charge >= 0.3 is 18.0 Å². The number of carbonyl (C=O) groups is 3. The van der Waals surface area contributed by atoms with Gasteiger partial charge in [0.15, 0.2) is 6.61 Å². The van der Waals surface area contributed by atoms with Gasteiger partial charge in [-0.15, -0.1) is 0 Å². The first-order valence-electron chi connectivity index (χ1n) is 18.9. The number of amides is 4. The van der Waals surface area contributed by atoms with Gasteiger partial charge in [0, 0.05) is 28.4 Å². The average Bonchev–Trinajstić information content (AvgIpc) is 3.19. The predicted octanol–water partition coefficient (Wildman–Crippen LogP) is 5.35. The van der Waals surface area contributed by atoms with Gasteiger partial charge in [-0.25, -0.2) is 14.4 Å². The summed E-state index contributed by atoms with van der Waals surface area (Å²) in [6, 6.07) is 15.6. The number of methoxy groups -OCH3 is 4. The lowest BCUT2D eigenvalue weighted by Crippen LogP contribution is -2.57. The Morgan fingerprint density at radius 1 is 0.600 bits per heavy atom. The van der Waals surface area contributed by atoms with Crippen LogP contribution in [0.3, 0.4) is 0 Å². The number of urea groups is 2. The summed E-state index contributed by atoms with van der Waals surface area (Å²) in [7, 11) is 6.14. The predicted molar refractivity (Wildman–Crippen MR) is 206 cm³/mol. The van der Waals surface area contributed by atoms with Crippen LogP contribution in [-0.2, 0) is 33.2 Å². The van der Waals surface area contributed by atoms with Gasteiger partial charge < -0.3 is 37.9 Å². The largest absolute Gasteiger partial charge is 0.491 e. The van der Waals surface area contributed by atoms with Crippen molar-refractivity contribution in [1.82, 2.24) is 19.6 Å². The van der Waals surface area contributed by atoms with E-state index in [2.05, 4.69) is 39.8 Å². The second kappa shape index (κ2) is 24.4. The molecular weight excluding hydrogens is 712 g/mol. The van der Waals surface area contributed by atoms with Crippen LogP contribution in [0.1, 0.15) is 63.5 Å². The highest BCUT2D eigenvalue weighted by Crippen LogP contribution is 2.23. The Morgan fingerprint density at radius 2 is 0.982 bits per heavy atom. The zero-order valence-electron chi connectivity index (χ0n) is 33.9. The van der Waals surface area contributed by atoms with E-state index in [1.54, 1.807) is 24.0 Å². The quantitative estimate of drug-likeness (QED) is 0.120. The summed E-state index contributed by atoms with van der Waals surface area (Å²) in [5, 5.41) is 0. The Balaban J connectivity index is 0.000000296. The molecule has 2 atom stereocenters. The molecule has 0 saturated carbocycles. The lowest BCUT2D eigenvalue weighted by Gasteiger charge is -2.39. The van der Waals surface area contributed by atoms with Crippen molar-refractivity contribution in [3.63, 3.8) is 0 Å². The number of carbonyl (C=O) groups excluding carboxylic acids is 3. The Morgan fingerprint density at radius 3 is 1.36 bits per heavy atom. The fourth-order valence-electron chi connectivity index (χ4n) is 6.04. The van der Waals surface area contributed by atoms with Crippen molar-refractivity contribution >= 4 is 18.0 Å². The molecule has 55 heavy (non-hydrogen) atoms. The Hall–Kier alpha value is -4.15. The number of ether oxygens (including phenoxy) is 8. The fraction of sp³-hybridized carbons (Fsp3) is 0.625. The number of rotatable bonds is 21. The highest BCUT2D eigenvalue weighted by Gasteiger charge is 2.34. The van der Waals surface area contributed by atoms with E-state index < -0.39 is 12.1 Å². The molecule has 2 aromatic carbocycles. The zero-order chi connectivity index (χ0) is 40.2. The van der Waals surface area contributed by atoms with Crippen LogP contribution in [0.15, 0.2) is 48.5 Å². The van der Waals surface area contributed by atoms with Gasteiger partial charge in [0.25, 0.3) is 0 Å². The smallest absolute Gasteiger partial charge is 0.344 e. The molecule has 0 radical (unpaired) electrons. The van der Waals surface area contributed by atoms with Gasteiger partial charge in [0.2, 0.25) is 0 Å². The standard InChI is InChI=1S/C20H30N2O6.C20H32N2O5/c1-5-15(2)16-6-8-17(9-7-16)27-12-19(23)28-18-10-21(13-25-3)20(24)22(11-18)14-26-4;1-5-16(2)17-6-8-18(9-7-17)26-10-11-27-19-12-21(14-24-3)20(23)22(13-19)15-25-4/h6-9,15,18H,5,10-14H2,1-4H3;6-9,16,19H,5,10-15H2,1-4H3. The number of esters is 1. The number of hydrogen-bond acceptors (Lipinski definition) is 11. The lowest BCUT2D eigenvalue weighted by molar-refractivity contribution is -0.155. The molecule has 2 saturated heterocycles. The molecular formula is C40H62N4O11. The SMILES string of the molecule is CCC(C)c1ccc(OCC(=O)OC2CN(COC)C(=O)N(COC)C2)cc1.CCC(C)c1ccc(OCCOC2CN(COC)C(=O)N(COC)C2)cc1. The van der Waals surface area contributed by atoms with E-state index in [0.29, 0.717) is 43.9 Å². The molecule has 4 rings (SSSR count). The highest BCUT2D eigenvalue weighted by atomic mass is 16.6. The topological polar surface area (TPSA) is 138 Å². The van der Waals surface area contributed by atoms with E-state index >= 15 is 0 Å². The molecule has 15 nitrogen and oxygen atoms in total. The summed E-state index contributed by atoms with van der Waals surface area (Å²) in [5.74, 6) is 2.01. The number of nitrogens with zero attached hydrogens (tertiary/aromatic N) is 4. The summed E-state index contributed by atoms with van der Waals surface area (Å²) in [5.41, 5.74) is 2.56. The first kappa shape index (κ1) is 45.2. The molecule has 0 spiro atoms. The van der Waals surface area contributed by atoms with Crippen LogP contribution < -0.4 is 9.47 Å². The van der Waals surface area contributed by atoms with Gasteiger partial charge in [-0.2, -0.15) is 0 Å². The van der Waals surface area contributed by atoms with E-state index in [9.17, 15) is 14.4 Å². The van der Waals surface area contributed by atoms with Crippen LogP contribution in [0.5, 0.6) is 11.5 Å². The molecule has 2 aliphatic rings. The molecule has 0 bridgehead atoms. The summed E-state index contributed by atoms with van der Waals surface area (Å²) >= 11 is 0. The van der Waals surface area contributed by atoms with Crippen molar-refractivity contribution in [2.24, 2.45) is 0 Å². The van der Waals surface area contributed by atoms with Crippen molar-refractivity contribution in [3.05, 3.63) is 59.7 Å². The third-order valence-corrected chi connectivity index (χ3v) is 9.40. The first-order valence-corrected chi connectivity index (χ1v) is 18.9. The monoisotopic (exact) mass is 774 g/mol. The number of benzene rings is 2. The third kappa shape index (κ3) is 14.8. The van der Waals surface area contributed by atoms with Gasteiger partial charge in [0.05, 0.1) is 38.9 Å². The van der Waals surface area contributed by atoms with Crippen molar-refractivity contribution in [3.8, 4) is 11.5 Å². The van der Waals surface area contributed by atoms with E-state index in [-0.39, 0.29) is 64.8 Å². The van der Waals surface area contributed by atoms with Gasteiger partial charge in [-0.3, -0.25) is 19.6 Å². The minimum atomic E-state index is -0.486. The molecule has 2 aromatic rings. The zero-order valence-corrected chi connectivity index (χ0v) is 33.9. The summed E-state index contributed by atoms with van der Waals surface area (Å²) in [6.45, 7) is 11.7. The minimum Gasteiger partial charge on any atom is -0.491 e. The normalized spacial score (nSPS) is 16.4. The summed E-state index contributed by atoms with van der Waals surface area (Å²) in [4.78, 5) is 42.9. The molecule has 308 valence electrons. The molecule has 2 heterocycles. The van der Waals surface area contributed by atoms with Crippen LogP contribution in [0.2, 0.25) is 0 Å². The maximum atomic E-state index is 12.3. The molecule has 0 aromatic heterocycles. The van der Waals surface area contributed by atoms with E-state index in [0.717, 1.165) is 18.6 Å². The minimum absolute atomic E-state index is 0.101. The van der Waals surface area contributed by atoms with Crippen LogP contribution in [0.25, 0.3) is 0 Å². The molecule has 15 heteroatoms. The van der Waals surface area contributed by atoms with Crippen molar-refractivity contribution in [2.75, 3.05) is 101 Å². The van der Waals surface area contributed by atoms with Crippen molar-refractivity contribution in [2.45, 2.75) is 64.6 Å². The van der Waals surface area contributed by atoms with E-state index in [1.807, 2.05) is 36.4 Å². The van der Waals surface area contributed by atoms with Gasteiger partial charge in [-0.05, 0) is 60.1 Å². The van der Waals surface area contributed by atoms with E-state index in [1.165, 1.54) is 35.1 Å².